The highest BCUT2D eigenvalue weighted by Crippen LogP contribution is 2.41. The zero-order chi connectivity index (χ0) is 56.7. The van der Waals surface area contributed by atoms with E-state index in [2.05, 4.69) is 337 Å². The van der Waals surface area contributed by atoms with Gasteiger partial charge in [0.2, 0.25) is 0 Å². The largest absolute Gasteiger partial charge is 0.309 e. The molecule has 2 aromatic heterocycles. The van der Waals surface area contributed by atoms with Crippen molar-refractivity contribution in [3.63, 3.8) is 0 Å². The molecule has 0 fully saturated rings. The monoisotopic (exact) mass is 1090 g/mol. The van der Waals surface area contributed by atoms with E-state index in [0.29, 0.717) is 0 Å². The highest BCUT2D eigenvalue weighted by molar-refractivity contribution is 6.14. The van der Waals surface area contributed by atoms with Gasteiger partial charge < -0.3 is 9.13 Å². The van der Waals surface area contributed by atoms with Crippen LogP contribution in [0, 0.1) is 0 Å². The van der Waals surface area contributed by atoms with Gasteiger partial charge in [-0.05, 0) is 159 Å². The summed E-state index contributed by atoms with van der Waals surface area (Å²) in [5.41, 5.74) is 17.2. The minimum absolute atomic E-state index is 1.21. The van der Waals surface area contributed by atoms with Crippen molar-refractivity contribution >= 4 is 108 Å². The molecule has 2 heteroatoms. The third-order valence-corrected chi connectivity index (χ3v) is 18.0. The minimum Gasteiger partial charge on any atom is -0.309 e. The number of nitrogens with zero attached hydrogens (tertiary/aromatic N) is 2. The van der Waals surface area contributed by atoms with Crippen LogP contribution in [0.15, 0.2) is 328 Å². The molecule has 0 saturated carbocycles. The van der Waals surface area contributed by atoms with Gasteiger partial charge in [0.05, 0.1) is 33.4 Å². The summed E-state index contributed by atoms with van der Waals surface area (Å²) in [6, 6.07) is 120. The van der Waals surface area contributed by atoms with Gasteiger partial charge in [0.15, 0.2) is 0 Å². The van der Waals surface area contributed by atoms with Gasteiger partial charge in [-0.1, -0.05) is 267 Å². The molecule has 0 amide bonds. The van der Waals surface area contributed by atoms with Crippen molar-refractivity contribution in [2.45, 2.75) is 0 Å². The van der Waals surface area contributed by atoms with Crippen molar-refractivity contribution < 1.29 is 0 Å². The third kappa shape index (κ3) is 8.26. The predicted molar refractivity (Wildman–Crippen MR) is 368 cm³/mol. The van der Waals surface area contributed by atoms with E-state index >= 15 is 0 Å². The van der Waals surface area contributed by atoms with Crippen LogP contribution in [0.25, 0.3) is 164 Å². The van der Waals surface area contributed by atoms with E-state index in [9.17, 15) is 0 Å². The number of rotatable bonds is 6. The second kappa shape index (κ2) is 20.2. The number of fused-ring (bicyclic) bond motifs is 14. The number of hydrogen-bond acceptors (Lipinski definition) is 0. The van der Waals surface area contributed by atoms with Crippen LogP contribution in [-0.4, -0.2) is 9.13 Å². The van der Waals surface area contributed by atoms with Crippen LogP contribution in [0.3, 0.4) is 0 Å². The maximum atomic E-state index is 2.42. The van der Waals surface area contributed by atoms with Crippen LogP contribution in [0.4, 0.5) is 0 Å². The molecule has 0 radical (unpaired) electrons. The average molecular weight is 1090 g/mol. The molecule has 0 aliphatic heterocycles. The van der Waals surface area contributed by atoms with E-state index in [4.69, 9.17) is 0 Å². The summed E-state index contributed by atoms with van der Waals surface area (Å²) in [6.07, 6.45) is 0. The first-order chi connectivity index (χ1) is 42.6. The fourth-order valence-electron chi connectivity index (χ4n) is 13.7. The van der Waals surface area contributed by atoms with Crippen molar-refractivity contribution in [1.29, 1.82) is 0 Å². The van der Waals surface area contributed by atoms with Gasteiger partial charge in [0.1, 0.15) is 0 Å². The number of para-hydroxylation sites is 2. The van der Waals surface area contributed by atoms with Crippen LogP contribution >= 0.6 is 0 Å². The second-order valence-corrected chi connectivity index (χ2v) is 22.8. The molecule has 16 aromatic carbocycles. The first-order valence-electron chi connectivity index (χ1n) is 29.7. The maximum Gasteiger partial charge on any atom is 0.0541 e. The minimum atomic E-state index is 1.21. The Balaban J connectivity index is 0.000000134. The van der Waals surface area contributed by atoms with Gasteiger partial charge in [0.25, 0.3) is 0 Å². The molecule has 2 nitrogen and oxygen atoms in total. The van der Waals surface area contributed by atoms with Crippen LogP contribution in [0.5, 0.6) is 0 Å². The molecule has 0 aliphatic carbocycles. The summed E-state index contributed by atoms with van der Waals surface area (Å²) in [5, 5.41) is 20.4. The zero-order valence-electron chi connectivity index (χ0n) is 47.1. The van der Waals surface area contributed by atoms with E-state index in [0.717, 1.165) is 0 Å². The van der Waals surface area contributed by atoms with Gasteiger partial charge in [-0.3, -0.25) is 0 Å². The average Bonchev–Trinajstić information content (AvgIpc) is 2.13. The van der Waals surface area contributed by atoms with E-state index in [1.165, 1.54) is 164 Å². The summed E-state index contributed by atoms with van der Waals surface area (Å²) in [6.45, 7) is 0. The maximum absolute atomic E-state index is 2.42. The van der Waals surface area contributed by atoms with Gasteiger partial charge in [0, 0.05) is 32.3 Å². The molecule has 0 N–H and O–H groups in total. The number of benzene rings is 16. The Kier molecular flexibility index (Phi) is 11.6. The molecule has 18 rings (SSSR count). The smallest absolute Gasteiger partial charge is 0.0541 e. The third-order valence-electron chi connectivity index (χ3n) is 18.0. The number of hydrogen-bond donors (Lipinski definition) is 0. The summed E-state index contributed by atoms with van der Waals surface area (Å²) >= 11 is 0. The van der Waals surface area contributed by atoms with E-state index < -0.39 is 0 Å². The predicted octanol–water partition coefficient (Wildman–Crippen LogP) is 23.2. The van der Waals surface area contributed by atoms with Crippen molar-refractivity contribution in [2.75, 3.05) is 0 Å². The molecular formula is C84H54N2. The normalized spacial score (nSPS) is 11.7. The fraction of sp³-hybridized carbons (Fsp3) is 0. The van der Waals surface area contributed by atoms with E-state index in [-0.39, 0.29) is 0 Å². The molecule has 0 aliphatic rings. The molecule has 0 bridgehead atoms. The Morgan fingerprint density at radius 2 is 0.419 bits per heavy atom. The molecule has 0 unspecified atom stereocenters. The lowest BCUT2D eigenvalue weighted by Gasteiger charge is -2.12. The Morgan fingerprint density at radius 3 is 0.895 bits per heavy atom. The lowest BCUT2D eigenvalue weighted by atomic mass is 9.95. The van der Waals surface area contributed by atoms with E-state index in [1.54, 1.807) is 0 Å². The Bertz CT molecular complexity index is 5690. The van der Waals surface area contributed by atoms with Gasteiger partial charge in [-0.2, -0.15) is 0 Å². The summed E-state index contributed by atoms with van der Waals surface area (Å²) < 4.78 is 4.84. The van der Waals surface area contributed by atoms with Crippen molar-refractivity contribution in [3.8, 4) is 55.9 Å². The van der Waals surface area contributed by atoms with Crippen molar-refractivity contribution in [1.82, 2.24) is 9.13 Å². The molecule has 0 atom stereocenters. The zero-order valence-corrected chi connectivity index (χ0v) is 47.1. The summed E-state index contributed by atoms with van der Waals surface area (Å²) in [7, 11) is 0. The first kappa shape index (κ1) is 49.3. The molecule has 18 aromatic rings. The topological polar surface area (TPSA) is 9.86 Å². The van der Waals surface area contributed by atoms with Crippen LogP contribution in [0.1, 0.15) is 0 Å². The Hall–Kier alpha value is -11.3. The highest BCUT2D eigenvalue weighted by Gasteiger charge is 2.18. The van der Waals surface area contributed by atoms with Gasteiger partial charge in [-0.25, -0.2) is 0 Å². The number of aromatic nitrogens is 2. The molecule has 86 heavy (non-hydrogen) atoms. The lowest BCUT2D eigenvalue weighted by Crippen LogP contribution is -1.95. The molecular weight excluding hydrogens is 1040 g/mol. The lowest BCUT2D eigenvalue weighted by molar-refractivity contribution is 1.20. The quantitative estimate of drug-likeness (QED) is 0.147. The SMILES string of the molecule is c1ccc2c(-n3c4ccccc4c4cc(-c5ccc(-c6ccc7c(ccc8ccccc87)c6)cc5)ccc43)cccc2c1.c1ccc2c(-n3c4ccccc4c4cc(-c5ccc(-c6ccc7ccc8ccccc8c7c6)cc5)ccc43)cccc2c1. The van der Waals surface area contributed by atoms with E-state index in [1.807, 2.05) is 0 Å². The molecule has 0 spiro atoms. The summed E-state index contributed by atoms with van der Waals surface area (Å²) in [4.78, 5) is 0. The second-order valence-electron chi connectivity index (χ2n) is 22.8. The Labute approximate surface area is 497 Å². The highest BCUT2D eigenvalue weighted by atomic mass is 15.0. The van der Waals surface area contributed by atoms with Crippen molar-refractivity contribution in [2.24, 2.45) is 0 Å². The van der Waals surface area contributed by atoms with Gasteiger partial charge in [-0.15, -0.1) is 0 Å². The molecule has 400 valence electrons. The summed E-state index contributed by atoms with van der Waals surface area (Å²) in [5.74, 6) is 0. The molecule has 0 saturated heterocycles. The van der Waals surface area contributed by atoms with Crippen LogP contribution in [-0.2, 0) is 0 Å². The van der Waals surface area contributed by atoms with Crippen molar-refractivity contribution in [3.05, 3.63) is 328 Å². The standard InChI is InChI=1S/2C42H27N/c1-3-11-35-31(9-1)20-21-34-26-32(22-24-36(34)35)28-16-18-29(19-17-28)33-23-25-42-39(27-33)38-13-5-6-14-41(38)43(42)40-15-7-10-30-8-2-4-12-37(30)40;1-3-11-35-31(9-1)20-21-32-22-23-33(26-38(32)35)28-16-18-29(19-17-28)34-24-25-42-39(27-34)37-13-5-6-14-41(37)43(42)40-15-7-10-30-8-2-4-12-36(30)40/h2*1-27H. The Morgan fingerprint density at radius 1 is 0.140 bits per heavy atom. The first-order valence-corrected chi connectivity index (χ1v) is 29.7. The van der Waals surface area contributed by atoms with Crippen LogP contribution in [0.2, 0.25) is 0 Å². The van der Waals surface area contributed by atoms with Crippen LogP contribution < -0.4 is 0 Å². The fourth-order valence-corrected chi connectivity index (χ4v) is 13.7. The van der Waals surface area contributed by atoms with Gasteiger partial charge >= 0.3 is 0 Å². The molecule has 2 heterocycles.